The SMILES string of the molecule is CCOCC(C)Oc1ccc(CNC2CC2)nn1. The molecule has 5 nitrogen and oxygen atoms in total. The van der Waals surface area contributed by atoms with Gasteiger partial charge in [0.2, 0.25) is 5.88 Å². The highest BCUT2D eigenvalue weighted by atomic mass is 16.5. The lowest BCUT2D eigenvalue weighted by Crippen LogP contribution is -2.20. The van der Waals surface area contributed by atoms with Gasteiger partial charge in [-0.15, -0.1) is 5.10 Å². The largest absolute Gasteiger partial charge is 0.471 e. The van der Waals surface area contributed by atoms with E-state index in [2.05, 4.69) is 15.5 Å². The van der Waals surface area contributed by atoms with Gasteiger partial charge in [0, 0.05) is 25.3 Å². The number of hydrogen-bond acceptors (Lipinski definition) is 5. The lowest BCUT2D eigenvalue weighted by Gasteiger charge is -2.13. The summed E-state index contributed by atoms with van der Waals surface area (Å²) < 4.78 is 10.9. The van der Waals surface area contributed by atoms with E-state index in [-0.39, 0.29) is 6.10 Å². The van der Waals surface area contributed by atoms with Gasteiger partial charge in [-0.05, 0) is 32.8 Å². The molecule has 2 rings (SSSR count). The van der Waals surface area contributed by atoms with Gasteiger partial charge >= 0.3 is 0 Å². The summed E-state index contributed by atoms with van der Waals surface area (Å²) in [6.45, 7) is 5.98. The van der Waals surface area contributed by atoms with E-state index in [9.17, 15) is 0 Å². The van der Waals surface area contributed by atoms with Crippen LogP contribution in [0.25, 0.3) is 0 Å². The molecule has 1 atom stereocenters. The van der Waals surface area contributed by atoms with Crippen molar-refractivity contribution in [1.82, 2.24) is 15.5 Å². The number of hydrogen-bond donors (Lipinski definition) is 1. The van der Waals surface area contributed by atoms with Crippen molar-refractivity contribution in [3.05, 3.63) is 17.8 Å². The summed E-state index contributed by atoms with van der Waals surface area (Å²) in [5.74, 6) is 0.553. The molecule has 1 aliphatic rings. The van der Waals surface area contributed by atoms with Crippen LogP contribution in [0.4, 0.5) is 0 Å². The molecule has 0 bridgehead atoms. The molecule has 0 amide bonds. The van der Waals surface area contributed by atoms with E-state index in [1.165, 1.54) is 12.8 Å². The van der Waals surface area contributed by atoms with Crippen LogP contribution >= 0.6 is 0 Å². The highest BCUT2D eigenvalue weighted by Gasteiger charge is 2.20. The Hall–Kier alpha value is -1.20. The van der Waals surface area contributed by atoms with E-state index >= 15 is 0 Å². The zero-order valence-electron chi connectivity index (χ0n) is 11.1. The quantitative estimate of drug-likeness (QED) is 0.759. The summed E-state index contributed by atoms with van der Waals surface area (Å²) in [6, 6.07) is 4.50. The number of nitrogens with zero attached hydrogens (tertiary/aromatic N) is 2. The van der Waals surface area contributed by atoms with Crippen LogP contribution in [0.3, 0.4) is 0 Å². The van der Waals surface area contributed by atoms with Crippen LogP contribution in [0.1, 0.15) is 32.4 Å². The molecule has 1 unspecified atom stereocenters. The first kappa shape index (κ1) is 13.2. The van der Waals surface area contributed by atoms with Crippen LogP contribution in [-0.2, 0) is 11.3 Å². The second-order valence-corrected chi connectivity index (χ2v) is 4.61. The highest BCUT2D eigenvalue weighted by Crippen LogP contribution is 2.19. The first-order valence-corrected chi connectivity index (χ1v) is 6.58. The summed E-state index contributed by atoms with van der Waals surface area (Å²) in [7, 11) is 0. The van der Waals surface area contributed by atoms with Crippen LogP contribution in [0.5, 0.6) is 5.88 Å². The van der Waals surface area contributed by atoms with Gasteiger partial charge in [0.05, 0.1) is 12.3 Å². The zero-order chi connectivity index (χ0) is 12.8. The van der Waals surface area contributed by atoms with Crippen LogP contribution in [0.15, 0.2) is 12.1 Å². The van der Waals surface area contributed by atoms with Gasteiger partial charge in [-0.3, -0.25) is 0 Å². The molecule has 1 aromatic heterocycles. The maximum atomic E-state index is 5.59. The van der Waals surface area contributed by atoms with Gasteiger partial charge in [0.25, 0.3) is 0 Å². The van der Waals surface area contributed by atoms with E-state index in [4.69, 9.17) is 9.47 Å². The van der Waals surface area contributed by atoms with Gasteiger partial charge in [0.1, 0.15) is 6.10 Å². The molecule has 1 fully saturated rings. The summed E-state index contributed by atoms with van der Waals surface area (Å²) in [6.07, 6.45) is 2.56. The molecule has 1 N–H and O–H groups in total. The molecular weight excluding hydrogens is 230 g/mol. The fraction of sp³-hybridized carbons (Fsp3) is 0.692. The summed E-state index contributed by atoms with van der Waals surface area (Å²) in [5.41, 5.74) is 0.951. The fourth-order valence-electron chi connectivity index (χ4n) is 1.57. The van der Waals surface area contributed by atoms with Crippen LogP contribution in [0, 0.1) is 0 Å². The zero-order valence-corrected chi connectivity index (χ0v) is 11.1. The number of ether oxygens (including phenoxy) is 2. The van der Waals surface area contributed by atoms with E-state index in [0.29, 0.717) is 25.1 Å². The van der Waals surface area contributed by atoms with Crippen LogP contribution in [0.2, 0.25) is 0 Å². The van der Waals surface area contributed by atoms with Gasteiger partial charge < -0.3 is 14.8 Å². The molecular formula is C13H21N3O2. The van der Waals surface area contributed by atoms with Crippen LogP contribution in [-0.4, -0.2) is 35.6 Å². The van der Waals surface area contributed by atoms with Gasteiger partial charge in [-0.2, -0.15) is 5.10 Å². The third-order valence-electron chi connectivity index (χ3n) is 2.72. The predicted molar refractivity (Wildman–Crippen MR) is 68.5 cm³/mol. The van der Waals surface area contributed by atoms with E-state index in [0.717, 1.165) is 12.2 Å². The third kappa shape index (κ3) is 4.58. The molecule has 5 heteroatoms. The molecule has 18 heavy (non-hydrogen) atoms. The first-order valence-electron chi connectivity index (χ1n) is 6.58. The van der Waals surface area contributed by atoms with E-state index in [1.54, 1.807) is 0 Å². The minimum atomic E-state index is -0.00492. The minimum Gasteiger partial charge on any atom is -0.471 e. The number of rotatable bonds is 8. The van der Waals surface area contributed by atoms with Crippen LogP contribution < -0.4 is 10.1 Å². The second-order valence-electron chi connectivity index (χ2n) is 4.61. The Labute approximate surface area is 108 Å². The smallest absolute Gasteiger partial charge is 0.233 e. The molecule has 0 radical (unpaired) electrons. The van der Waals surface area contributed by atoms with Crippen molar-refractivity contribution in [2.45, 2.75) is 45.4 Å². The fourth-order valence-corrected chi connectivity index (χ4v) is 1.57. The lowest BCUT2D eigenvalue weighted by atomic mass is 10.4. The summed E-state index contributed by atoms with van der Waals surface area (Å²) >= 11 is 0. The molecule has 100 valence electrons. The molecule has 0 aromatic carbocycles. The molecule has 0 saturated heterocycles. The van der Waals surface area contributed by atoms with Gasteiger partial charge in [-0.25, -0.2) is 0 Å². The Balaban J connectivity index is 1.75. The summed E-state index contributed by atoms with van der Waals surface area (Å²) in [4.78, 5) is 0. The van der Waals surface area contributed by atoms with Gasteiger partial charge in [0.15, 0.2) is 0 Å². The van der Waals surface area contributed by atoms with Crippen molar-refractivity contribution in [1.29, 1.82) is 0 Å². The van der Waals surface area contributed by atoms with Gasteiger partial charge in [-0.1, -0.05) is 0 Å². The van der Waals surface area contributed by atoms with E-state index in [1.807, 2.05) is 26.0 Å². The topological polar surface area (TPSA) is 56.3 Å². The monoisotopic (exact) mass is 251 g/mol. The maximum Gasteiger partial charge on any atom is 0.233 e. The van der Waals surface area contributed by atoms with Crippen molar-refractivity contribution in [3.8, 4) is 5.88 Å². The maximum absolute atomic E-state index is 5.59. The first-order chi connectivity index (χ1) is 8.78. The second kappa shape index (κ2) is 6.66. The lowest BCUT2D eigenvalue weighted by molar-refractivity contribution is 0.0628. The highest BCUT2D eigenvalue weighted by molar-refractivity contribution is 5.12. The average molecular weight is 251 g/mol. The normalized spacial score (nSPS) is 16.6. The third-order valence-corrected chi connectivity index (χ3v) is 2.72. The van der Waals surface area contributed by atoms with Crippen molar-refractivity contribution < 1.29 is 9.47 Å². The average Bonchev–Trinajstić information content (AvgIpc) is 3.20. The van der Waals surface area contributed by atoms with Crippen molar-refractivity contribution in [3.63, 3.8) is 0 Å². The Morgan fingerprint density at radius 3 is 2.83 bits per heavy atom. The Bertz CT molecular complexity index is 352. The predicted octanol–water partition coefficient (Wildman–Crippen LogP) is 1.53. The molecule has 1 heterocycles. The molecule has 1 aromatic rings. The molecule has 1 saturated carbocycles. The molecule has 0 aliphatic heterocycles. The van der Waals surface area contributed by atoms with E-state index < -0.39 is 0 Å². The number of aromatic nitrogens is 2. The molecule has 1 aliphatic carbocycles. The summed E-state index contributed by atoms with van der Waals surface area (Å²) in [5, 5.41) is 11.6. The minimum absolute atomic E-state index is 0.00492. The number of nitrogens with one attached hydrogen (secondary N) is 1. The van der Waals surface area contributed by atoms with Crippen molar-refractivity contribution in [2.75, 3.05) is 13.2 Å². The Morgan fingerprint density at radius 2 is 2.22 bits per heavy atom. The van der Waals surface area contributed by atoms with Crippen molar-refractivity contribution >= 4 is 0 Å². The Morgan fingerprint density at radius 1 is 1.39 bits per heavy atom. The van der Waals surface area contributed by atoms with Crippen molar-refractivity contribution in [2.24, 2.45) is 0 Å². The standard InChI is InChI=1S/C13H21N3O2/c1-3-17-9-10(2)18-13-7-6-12(15-16-13)8-14-11-4-5-11/h6-7,10-11,14H,3-5,8-9H2,1-2H3. The Kier molecular flexibility index (Phi) is 4.90. The molecule has 0 spiro atoms.